The highest BCUT2D eigenvalue weighted by Crippen LogP contribution is 2.24. The standard InChI is InChI=1S/C24H30Cl2N2O3/c1-5-17(4)27-24(30)22(6-2)28(14-18-10-11-20(25)21(26)13-18)23(29)15-31-19-9-7-8-16(3)12-19/h7-13,17,22H,5-6,14-15H2,1-4H3,(H,27,30). The molecule has 0 aliphatic heterocycles. The van der Waals surface area contributed by atoms with E-state index in [1.165, 1.54) is 0 Å². The van der Waals surface area contributed by atoms with Crippen LogP contribution in [0.2, 0.25) is 10.0 Å². The van der Waals surface area contributed by atoms with Gasteiger partial charge in [-0.1, -0.05) is 55.2 Å². The third-order valence-corrected chi connectivity index (χ3v) is 5.81. The zero-order valence-corrected chi connectivity index (χ0v) is 20.0. The summed E-state index contributed by atoms with van der Waals surface area (Å²) in [5.74, 6) is 0.152. The van der Waals surface area contributed by atoms with Gasteiger partial charge in [0.25, 0.3) is 5.91 Å². The fourth-order valence-corrected chi connectivity index (χ4v) is 3.45. The van der Waals surface area contributed by atoms with Gasteiger partial charge in [0.15, 0.2) is 6.61 Å². The molecular formula is C24H30Cl2N2O3. The zero-order chi connectivity index (χ0) is 23.0. The molecule has 168 valence electrons. The monoisotopic (exact) mass is 464 g/mol. The Kier molecular flexibility index (Phi) is 9.66. The number of carbonyl (C=O) groups excluding carboxylic acids is 2. The van der Waals surface area contributed by atoms with Crippen LogP contribution in [0.4, 0.5) is 0 Å². The fraction of sp³-hybridized carbons (Fsp3) is 0.417. The normalized spacial score (nSPS) is 12.7. The van der Waals surface area contributed by atoms with Gasteiger partial charge in [0.2, 0.25) is 5.91 Å². The number of halogens is 2. The first-order valence-electron chi connectivity index (χ1n) is 10.5. The molecule has 0 bridgehead atoms. The molecule has 0 saturated heterocycles. The molecule has 0 heterocycles. The number of aryl methyl sites for hydroxylation is 1. The Balaban J connectivity index is 2.24. The van der Waals surface area contributed by atoms with Gasteiger partial charge in [-0.15, -0.1) is 0 Å². The number of hydrogen-bond donors (Lipinski definition) is 1. The molecule has 0 aromatic heterocycles. The summed E-state index contributed by atoms with van der Waals surface area (Å²) < 4.78 is 5.72. The van der Waals surface area contributed by atoms with Crippen molar-refractivity contribution in [2.45, 2.75) is 59.2 Å². The lowest BCUT2D eigenvalue weighted by Gasteiger charge is -2.31. The minimum Gasteiger partial charge on any atom is -0.484 e. The predicted octanol–water partition coefficient (Wildman–Crippen LogP) is 5.40. The number of ether oxygens (including phenoxy) is 1. The third-order valence-electron chi connectivity index (χ3n) is 5.08. The smallest absolute Gasteiger partial charge is 0.261 e. The van der Waals surface area contributed by atoms with Gasteiger partial charge in [0.1, 0.15) is 11.8 Å². The van der Waals surface area contributed by atoms with Crippen molar-refractivity contribution in [3.05, 3.63) is 63.6 Å². The second-order valence-corrected chi connectivity index (χ2v) is 8.43. The molecule has 2 atom stereocenters. The summed E-state index contributed by atoms with van der Waals surface area (Å²) >= 11 is 12.2. The second-order valence-electron chi connectivity index (χ2n) is 7.62. The molecule has 2 amide bonds. The Labute approximate surface area is 194 Å². The number of benzene rings is 2. The highest BCUT2D eigenvalue weighted by atomic mass is 35.5. The first-order valence-corrected chi connectivity index (χ1v) is 11.2. The van der Waals surface area contributed by atoms with E-state index in [1.54, 1.807) is 29.2 Å². The summed E-state index contributed by atoms with van der Waals surface area (Å²) in [4.78, 5) is 27.7. The molecule has 2 aromatic rings. The van der Waals surface area contributed by atoms with Crippen LogP contribution in [0, 0.1) is 6.92 Å². The van der Waals surface area contributed by atoms with Crippen molar-refractivity contribution in [1.82, 2.24) is 10.2 Å². The van der Waals surface area contributed by atoms with Crippen LogP contribution in [0.1, 0.15) is 44.7 Å². The molecule has 1 N–H and O–H groups in total. The van der Waals surface area contributed by atoms with E-state index in [0.717, 1.165) is 17.5 Å². The van der Waals surface area contributed by atoms with Gasteiger partial charge >= 0.3 is 0 Å². The molecule has 0 aliphatic rings. The fourth-order valence-electron chi connectivity index (χ4n) is 3.13. The highest BCUT2D eigenvalue weighted by molar-refractivity contribution is 6.42. The lowest BCUT2D eigenvalue weighted by molar-refractivity contribution is -0.143. The first-order chi connectivity index (χ1) is 14.7. The van der Waals surface area contributed by atoms with Crippen molar-refractivity contribution in [3.63, 3.8) is 0 Å². The maximum absolute atomic E-state index is 13.2. The van der Waals surface area contributed by atoms with Crippen molar-refractivity contribution in [1.29, 1.82) is 0 Å². The average Bonchev–Trinajstić information content (AvgIpc) is 2.74. The molecule has 0 spiro atoms. The van der Waals surface area contributed by atoms with E-state index in [9.17, 15) is 9.59 Å². The van der Waals surface area contributed by atoms with Gasteiger partial charge in [-0.25, -0.2) is 0 Å². The molecule has 0 radical (unpaired) electrons. The molecule has 2 unspecified atom stereocenters. The molecule has 0 saturated carbocycles. The molecular weight excluding hydrogens is 435 g/mol. The maximum Gasteiger partial charge on any atom is 0.261 e. The zero-order valence-electron chi connectivity index (χ0n) is 18.5. The summed E-state index contributed by atoms with van der Waals surface area (Å²) in [7, 11) is 0. The van der Waals surface area contributed by atoms with Crippen molar-refractivity contribution >= 4 is 35.0 Å². The van der Waals surface area contributed by atoms with Crippen LogP contribution in [0.25, 0.3) is 0 Å². The van der Waals surface area contributed by atoms with Crippen LogP contribution in [-0.2, 0) is 16.1 Å². The van der Waals surface area contributed by atoms with Crippen LogP contribution in [0.3, 0.4) is 0 Å². The summed E-state index contributed by atoms with van der Waals surface area (Å²) in [5.41, 5.74) is 1.82. The van der Waals surface area contributed by atoms with E-state index in [4.69, 9.17) is 27.9 Å². The van der Waals surface area contributed by atoms with Crippen molar-refractivity contribution < 1.29 is 14.3 Å². The average molecular weight is 465 g/mol. The molecule has 2 aromatic carbocycles. The van der Waals surface area contributed by atoms with Gasteiger partial charge in [-0.05, 0) is 62.1 Å². The highest BCUT2D eigenvalue weighted by Gasteiger charge is 2.29. The number of nitrogens with one attached hydrogen (secondary N) is 1. The number of hydrogen-bond acceptors (Lipinski definition) is 3. The van der Waals surface area contributed by atoms with Gasteiger partial charge in [0.05, 0.1) is 10.0 Å². The van der Waals surface area contributed by atoms with Gasteiger partial charge in [0, 0.05) is 12.6 Å². The summed E-state index contributed by atoms with van der Waals surface area (Å²) in [6, 6.07) is 12.1. The molecule has 0 aliphatic carbocycles. The lowest BCUT2D eigenvalue weighted by Crippen LogP contribution is -2.51. The van der Waals surface area contributed by atoms with E-state index in [0.29, 0.717) is 22.2 Å². The Morgan fingerprint density at radius 2 is 1.81 bits per heavy atom. The van der Waals surface area contributed by atoms with E-state index in [-0.39, 0.29) is 31.0 Å². The van der Waals surface area contributed by atoms with Crippen LogP contribution in [-0.4, -0.2) is 35.4 Å². The van der Waals surface area contributed by atoms with Gasteiger partial charge in [-0.2, -0.15) is 0 Å². The second kappa shape index (κ2) is 12.0. The number of nitrogens with zero attached hydrogens (tertiary/aromatic N) is 1. The summed E-state index contributed by atoms with van der Waals surface area (Å²) in [5, 5.41) is 3.82. The largest absolute Gasteiger partial charge is 0.484 e. The van der Waals surface area contributed by atoms with Crippen molar-refractivity contribution in [3.8, 4) is 5.75 Å². The Morgan fingerprint density at radius 1 is 1.06 bits per heavy atom. The van der Waals surface area contributed by atoms with Gasteiger partial charge < -0.3 is 15.0 Å². The predicted molar refractivity (Wildman–Crippen MR) is 126 cm³/mol. The van der Waals surface area contributed by atoms with Crippen molar-refractivity contribution in [2.75, 3.05) is 6.61 Å². The molecule has 5 nitrogen and oxygen atoms in total. The topological polar surface area (TPSA) is 58.6 Å². The van der Waals surface area contributed by atoms with E-state index < -0.39 is 6.04 Å². The van der Waals surface area contributed by atoms with Crippen molar-refractivity contribution in [2.24, 2.45) is 0 Å². The number of carbonyl (C=O) groups is 2. The quantitative estimate of drug-likeness (QED) is 0.511. The SMILES string of the molecule is CCC(C)NC(=O)C(CC)N(Cc1ccc(Cl)c(Cl)c1)C(=O)COc1cccc(C)c1. The minimum absolute atomic E-state index is 0.0204. The van der Waals surface area contributed by atoms with Gasteiger partial charge in [-0.3, -0.25) is 9.59 Å². The first kappa shape index (κ1) is 25.0. The molecule has 31 heavy (non-hydrogen) atoms. The minimum atomic E-state index is -0.628. The number of amides is 2. The summed E-state index contributed by atoms with van der Waals surface area (Å²) in [6.45, 7) is 7.84. The van der Waals surface area contributed by atoms with Crippen LogP contribution < -0.4 is 10.1 Å². The van der Waals surface area contributed by atoms with E-state index in [2.05, 4.69) is 5.32 Å². The lowest BCUT2D eigenvalue weighted by atomic mass is 10.1. The Bertz CT molecular complexity index is 904. The molecule has 0 fully saturated rings. The van der Waals surface area contributed by atoms with Crippen LogP contribution in [0.15, 0.2) is 42.5 Å². The van der Waals surface area contributed by atoms with E-state index in [1.807, 2.05) is 45.9 Å². The van der Waals surface area contributed by atoms with E-state index >= 15 is 0 Å². The number of rotatable bonds is 10. The maximum atomic E-state index is 13.2. The van der Waals surface area contributed by atoms with Crippen LogP contribution in [0.5, 0.6) is 5.75 Å². The molecule has 7 heteroatoms. The Morgan fingerprint density at radius 3 is 2.42 bits per heavy atom. The summed E-state index contributed by atoms with van der Waals surface area (Å²) in [6.07, 6.45) is 1.28. The Hall–Kier alpha value is -2.24. The molecule has 2 rings (SSSR count). The third kappa shape index (κ3) is 7.44. The van der Waals surface area contributed by atoms with Crippen LogP contribution >= 0.6 is 23.2 Å².